The van der Waals surface area contributed by atoms with Crippen LogP contribution in [0.2, 0.25) is 0 Å². The minimum absolute atomic E-state index is 0.223. The van der Waals surface area contributed by atoms with Crippen LogP contribution in [-0.2, 0) is 17.9 Å². The van der Waals surface area contributed by atoms with Crippen molar-refractivity contribution in [1.82, 2.24) is 5.32 Å². The van der Waals surface area contributed by atoms with Crippen LogP contribution in [0.15, 0.2) is 24.3 Å². The maximum absolute atomic E-state index is 9.04. The number of benzene rings is 1. The molecule has 2 unspecified atom stereocenters. The van der Waals surface area contributed by atoms with Gasteiger partial charge in [-0.25, -0.2) is 0 Å². The fraction of sp³-hybridized carbons (Fsp3) is 0.571. The van der Waals surface area contributed by atoms with Crippen LogP contribution in [0.5, 0.6) is 0 Å². The summed E-state index contributed by atoms with van der Waals surface area (Å²) in [6.45, 7) is 5.85. The normalized spacial score (nSPS) is 14.6. The zero-order valence-electron chi connectivity index (χ0n) is 10.9. The molecule has 2 N–H and O–H groups in total. The van der Waals surface area contributed by atoms with E-state index in [1.54, 1.807) is 7.11 Å². The topological polar surface area (TPSA) is 41.5 Å². The van der Waals surface area contributed by atoms with Gasteiger partial charge in [-0.05, 0) is 24.0 Å². The number of aliphatic hydroxyl groups is 1. The molecule has 0 saturated carbocycles. The average Bonchev–Trinajstić information content (AvgIpc) is 2.37. The second-order valence-electron chi connectivity index (χ2n) is 4.58. The van der Waals surface area contributed by atoms with Gasteiger partial charge in [-0.3, -0.25) is 0 Å². The Morgan fingerprint density at radius 1 is 1.18 bits per heavy atom. The summed E-state index contributed by atoms with van der Waals surface area (Å²) in [6.07, 6.45) is 0. The first-order chi connectivity index (χ1) is 8.17. The average molecular weight is 237 g/mol. The first-order valence-electron chi connectivity index (χ1n) is 6.08. The molecule has 0 spiro atoms. The van der Waals surface area contributed by atoms with E-state index in [1.165, 1.54) is 11.1 Å². The molecule has 3 heteroatoms. The third-order valence-electron chi connectivity index (χ3n) is 3.10. The van der Waals surface area contributed by atoms with Crippen LogP contribution in [0.25, 0.3) is 0 Å². The van der Waals surface area contributed by atoms with Crippen molar-refractivity contribution >= 4 is 0 Å². The van der Waals surface area contributed by atoms with E-state index in [0.29, 0.717) is 12.6 Å². The minimum Gasteiger partial charge on any atom is -0.396 e. The monoisotopic (exact) mass is 237 g/mol. The van der Waals surface area contributed by atoms with Crippen molar-refractivity contribution in [2.45, 2.75) is 33.0 Å². The molecule has 0 heterocycles. The highest BCUT2D eigenvalue weighted by Gasteiger charge is 2.09. The summed E-state index contributed by atoms with van der Waals surface area (Å²) < 4.78 is 5.07. The lowest BCUT2D eigenvalue weighted by atomic mass is 10.0. The van der Waals surface area contributed by atoms with E-state index in [0.717, 1.165) is 6.54 Å². The van der Waals surface area contributed by atoms with E-state index in [2.05, 4.69) is 36.5 Å². The fourth-order valence-corrected chi connectivity index (χ4v) is 1.56. The number of hydrogen-bond donors (Lipinski definition) is 2. The van der Waals surface area contributed by atoms with Crippen molar-refractivity contribution < 1.29 is 9.84 Å². The molecule has 1 rings (SSSR count). The molecule has 0 aliphatic rings. The van der Waals surface area contributed by atoms with Crippen molar-refractivity contribution in [2.24, 2.45) is 5.92 Å². The van der Waals surface area contributed by atoms with Gasteiger partial charge in [-0.15, -0.1) is 0 Å². The summed E-state index contributed by atoms with van der Waals surface area (Å²) in [7, 11) is 1.70. The van der Waals surface area contributed by atoms with Gasteiger partial charge in [-0.2, -0.15) is 0 Å². The van der Waals surface area contributed by atoms with Crippen molar-refractivity contribution in [2.75, 3.05) is 13.7 Å². The predicted octanol–water partition coefficient (Wildman–Crippen LogP) is 1.94. The number of nitrogens with one attached hydrogen (secondary N) is 1. The summed E-state index contributed by atoms with van der Waals surface area (Å²) in [4.78, 5) is 0. The molecule has 96 valence electrons. The lowest BCUT2D eigenvalue weighted by molar-refractivity contribution is 0.185. The molecule has 0 aromatic heterocycles. The second kappa shape index (κ2) is 7.43. The van der Waals surface area contributed by atoms with Crippen LogP contribution in [0, 0.1) is 5.92 Å². The molecule has 0 bridgehead atoms. The summed E-state index contributed by atoms with van der Waals surface area (Å²) in [6, 6.07) is 8.70. The maximum Gasteiger partial charge on any atom is 0.0713 e. The zero-order valence-corrected chi connectivity index (χ0v) is 10.9. The van der Waals surface area contributed by atoms with Crippen molar-refractivity contribution in [3.63, 3.8) is 0 Å². The fourth-order valence-electron chi connectivity index (χ4n) is 1.56. The molecule has 0 aliphatic heterocycles. The van der Waals surface area contributed by atoms with Gasteiger partial charge in [0.25, 0.3) is 0 Å². The number of ether oxygens (including phenoxy) is 1. The molecule has 1 aromatic rings. The third kappa shape index (κ3) is 4.86. The SMILES string of the molecule is COCc1ccc(CNC(C)C(C)CO)cc1. The molecule has 0 aliphatic carbocycles. The Morgan fingerprint density at radius 3 is 2.29 bits per heavy atom. The van der Waals surface area contributed by atoms with E-state index in [-0.39, 0.29) is 12.5 Å². The van der Waals surface area contributed by atoms with Gasteiger partial charge in [-0.1, -0.05) is 31.2 Å². The molecule has 0 amide bonds. The first-order valence-corrected chi connectivity index (χ1v) is 6.08. The van der Waals surface area contributed by atoms with Crippen LogP contribution in [0.1, 0.15) is 25.0 Å². The van der Waals surface area contributed by atoms with E-state index < -0.39 is 0 Å². The van der Waals surface area contributed by atoms with Gasteiger partial charge in [0.2, 0.25) is 0 Å². The van der Waals surface area contributed by atoms with Crippen LogP contribution in [0.4, 0.5) is 0 Å². The molecule has 17 heavy (non-hydrogen) atoms. The van der Waals surface area contributed by atoms with Gasteiger partial charge in [0.05, 0.1) is 6.61 Å². The molecular weight excluding hydrogens is 214 g/mol. The lowest BCUT2D eigenvalue weighted by Crippen LogP contribution is -2.33. The van der Waals surface area contributed by atoms with Crippen molar-refractivity contribution in [3.8, 4) is 0 Å². The Hall–Kier alpha value is -0.900. The third-order valence-corrected chi connectivity index (χ3v) is 3.10. The second-order valence-corrected chi connectivity index (χ2v) is 4.58. The van der Waals surface area contributed by atoms with E-state index >= 15 is 0 Å². The van der Waals surface area contributed by atoms with E-state index in [1.807, 2.05) is 6.92 Å². The Kier molecular flexibility index (Phi) is 6.19. The maximum atomic E-state index is 9.04. The predicted molar refractivity (Wildman–Crippen MR) is 69.7 cm³/mol. The Labute approximate surface area is 104 Å². The summed E-state index contributed by atoms with van der Waals surface area (Å²) in [5, 5.41) is 12.5. The van der Waals surface area contributed by atoms with E-state index in [9.17, 15) is 0 Å². The molecule has 3 nitrogen and oxygen atoms in total. The standard InChI is InChI=1S/C14H23NO2/c1-11(9-16)12(2)15-8-13-4-6-14(7-5-13)10-17-3/h4-7,11-12,15-16H,8-10H2,1-3H3. The largest absolute Gasteiger partial charge is 0.396 e. The zero-order chi connectivity index (χ0) is 12.7. The van der Waals surface area contributed by atoms with Crippen LogP contribution < -0.4 is 5.32 Å². The number of rotatable bonds is 7. The van der Waals surface area contributed by atoms with Crippen molar-refractivity contribution in [1.29, 1.82) is 0 Å². The molecule has 0 fully saturated rings. The molecule has 2 atom stereocenters. The van der Waals surface area contributed by atoms with Crippen LogP contribution in [0.3, 0.4) is 0 Å². The molecule has 0 radical (unpaired) electrons. The molecular formula is C14H23NO2. The highest BCUT2D eigenvalue weighted by Crippen LogP contribution is 2.07. The number of methoxy groups -OCH3 is 1. The first kappa shape index (κ1) is 14.2. The Balaban J connectivity index is 2.41. The summed E-state index contributed by atoms with van der Waals surface area (Å²) in [5.74, 6) is 0.280. The highest BCUT2D eigenvalue weighted by atomic mass is 16.5. The minimum atomic E-state index is 0.223. The van der Waals surface area contributed by atoms with Gasteiger partial charge in [0, 0.05) is 26.3 Å². The Morgan fingerprint density at radius 2 is 1.76 bits per heavy atom. The van der Waals surface area contributed by atoms with E-state index in [4.69, 9.17) is 9.84 Å². The molecule has 0 saturated heterocycles. The van der Waals surface area contributed by atoms with Crippen molar-refractivity contribution in [3.05, 3.63) is 35.4 Å². The lowest BCUT2D eigenvalue weighted by Gasteiger charge is -2.19. The summed E-state index contributed by atoms with van der Waals surface area (Å²) in [5.41, 5.74) is 2.44. The number of hydrogen-bond acceptors (Lipinski definition) is 3. The van der Waals surface area contributed by atoms with Gasteiger partial charge in [0.1, 0.15) is 0 Å². The van der Waals surface area contributed by atoms with Gasteiger partial charge < -0.3 is 15.2 Å². The van der Waals surface area contributed by atoms with Crippen LogP contribution in [-0.4, -0.2) is 24.9 Å². The number of aliphatic hydroxyl groups excluding tert-OH is 1. The van der Waals surface area contributed by atoms with Gasteiger partial charge >= 0.3 is 0 Å². The van der Waals surface area contributed by atoms with Gasteiger partial charge in [0.15, 0.2) is 0 Å². The Bertz CT molecular complexity index is 311. The molecule has 1 aromatic carbocycles. The highest BCUT2D eigenvalue weighted by molar-refractivity contribution is 5.21. The van der Waals surface area contributed by atoms with Crippen LogP contribution >= 0.6 is 0 Å². The summed E-state index contributed by atoms with van der Waals surface area (Å²) >= 11 is 0. The quantitative estimate of drug-likeness (QED) is 0.761. The smallest absolute Gasteiger partial charge is 0.0713 e.